The predicted octanol–water partition coefficient (Wildman–Crippen LogP) is 0.677. The van der Waals surface area contributed by atoms with E-state index in [-0.39, 0.29) is 11.0 Å². The van der Waals surface area contributed by atoms with E-state index in [1.807, 2.05) is 11.4 Å². The molecule has 1 amide bonds. The molecule has 6 heteroatoms. The number of amides is 1. The number of carbonyl (C=O) groups is 1. The molecule has 102 valence electrons. The number of aromatic nitrogens is 1. The lowest BCUT2D eigenvalue weighted by atomic mass is 10.2. The molecule has 0 aliphatic carbocycles. The van der Waals surface area contributed by atoms with Gasteiger partial charge >= 0.3 is 0 Å². The number of carbonyl (C=O) groups excluding carboxylic acids is 1. The Bertz CT molecular complexity index is 722. The van der Waals surface area contributed by atoms with Gasteiger partial charge in [-0.3, -0.25) is 9.59 Å². The van der Waals surface area contributed by atoms with Crippen molar-refractivity contribution < 1.29 is 4.79 Å². The first-order valence-electron chi connectivity index (χ1n) is 5.92. The molecule has 5 nitrogen and oxygen atoms in total. The minimum atomic E-state index is -0.394. The van der Waals surface area contributed by atoms with Gasteiger partial charge in [-0.15, -0.1) is 11.3 Å². The largest absolute Gasteiger partial charge is 0.367 e. The van der Waals surface area contributed by atoms with Crippen LogP contribution in [0.3, 0.4) is 0 Å². The molecule has 0 atom stereocenters. The number of hydrogen-bond donors (Lipinski definition) is 3. The van der Waals surface area contributed by atoms with E-state index in [1.165, 1.54) is 29.8 Å². The summed E-state index contributed by atoms with van der Waals surface area (Å²) >= 11 is 1.50. The van der Waals surface area contributed by atoms with Gasteiger partial charge in [-0.05, 0) is 6.07 Å². The summed E-state index contributed by atoms with van der Waals surface area (Å²) in [5.74, 6) is 5.29. The third-order valence-electron chi connectivity index (χ3n) is 2.48. The third-order valence-corrected chi connectivity index (χ3v) is 3.42. The molecular formula is C14H13N3O2S. The predicted molar refractivity (Wildman–Crippen MR) is 78.5 cm³/mol. The monoisotopic (exact) mass is 287 g/mol. The first-order chi connectivity index (χ1) is 9.70. The van der Waals surface area contributed by atoms with Gasteiger partial charge in [0.05, 0.1) is 13.1 Å². The van der Waals surface area contributed by atoms with Crippen LogP contribution in [0.1, 0.15) is 20.8 Å². The molecule has 2 aromatic heterocycles. The number of nitrogens with two attached hydrogens (primary N) is 1. The lowest BCUT2D eigenvalue weighted by molar-refractivity contribution is 0.0950. The average molecular weight is 287 g/mol. The number of nitrogens with one attached hydrogen (secondary N) is 2. The van der Waals surface area contributed by atoms with E-state index < -0.39 is 5.91 Å². The summed E-state index contributed by atoms with van der Waals surface area (Å²) in [5.41, 5.74) is 5.98. The summed E-state index contributed by atoms with van der Waals surface area (Å²) in [5, 5.41) is 4.61. The minimum Gasteiger partial charge on any atom is -0.367 e. The number of thiophene rings is 1. The van der Waals surface area contributed by atoms with Gasteiger partial charge in [0.1, 0.15) is 5.56 Å². The molecule has 20 heavy (non-hydrogen) atoms. The maximum Gasteiger partial charge on any atom is 0.257 e. The minimum absolute atomic E-state index is 0.104. The SMILES string of the molecule is NCC#Cc1csc(CNC(=O)c2c[nH]ccc2=O)c1. The van der Waals surface area contributed by atoms with Crippen molar-refractivity contribution in [3.8, 4) is 11.8 Å². The van der Waals surface area contributed by atoms with Crippen LogP contribution in [-0.2, 0) is 6.54 Å². The van der Waals surface area contributed by atoms with Crippen molar-refractivity contribution in [3.63, 3.8) is 0 Å². The second-order valence-electron chi connectivity index (χ2n) is 3.91. The van der Waals surface area contributed by atoms with Crippen molar-refractivity contribution in [2.75, 3.05) is 6.54 Å². The Morgan fingerprint density at radius 2 is 2.35 bits per heavy atom. The smallest absolute Gasteiger partial charge is 0.257 e. The van der Waals surface area contributed by atoms with Crippen LogP contribution in [-0.4, -0.2) is 17.4 Å². The van der Waals surface area contributed by atoms with Gasteiger partial charge in [0.15, 0.2) is 5.43 Å². The molecule has 0 saturated carbocycles. The van der Waals surface area contributed by atoms with Gasteiger partial charge in [0, 0.05) is 34.3 Å². The van der Waals surface area contributed by atoms with Gasteiger partial charge in [-0.25, -0.2) is 0 Å². The summed E-state index contributed by atoms with van der Waals surface area (Å²) in [4.78, 5) is 27.0. The highest BCUT2D eigenvalue weighted by Gasteiger charge is 2.09. The lowest BCUT2D eigenvalue weighted by Gasteiger charge is -2.02. The fraction of sp³-hybridized carbons (Fsp3) is 0.143. The molecule has 0 aromatic carbocycles. The van der Waals surface area contributed by atoms with Crippen LogP contribution < -0.4 is 16.5 Å². The standard InChI is InChI=1S/C14H13N3O2S/c15-4-1-2-10-6-11(20-9-10)7-17-14(19)12-8-16-5-3-13(12)18/h3,5-6,8-9H,4,7,15H2,(H,16,18)(H,17,19). The highest BCUT2D eigenvalue weighted by molar-refractivity contribution is 7.10. The Balaban J connectivity index is 1.99. The van der Waals surface area contributed by atoms with Crippen molar-refractivity contribution in [1.29, 1.82) is 0 Å². The molecular weight excluding hydrogens is 274 g/mol. The quantitative estimate of drug-likeness (QED) is 0.725. The normalized spacial score (nSPS) is 9.65. The van der Waals surface area contributed by atoms with Gasteiger partial charge in [0.2, 0.25) is 0 Å². The van der Waals surface area contributed by atoms with Crippen molar-refractivity contribution in [3.05, 3.63) is 56.1 Å². The van der Waals surface area contributed by atoms with Gasteiger partial charge in [-0.1, -0.05) is 11.8 Å². The fourth-order valence-corrected chi connectivity index (χ4v) is 2.30. The molecule has 0 aliphatic rings. The molecule has 2 heterocycles. The second kappa shape index (κ2) is 6.70. The Morgan fingerprint density at radius 1 is 1.50 bits per heavy atom. The summed E-state index contributed by atoms with van der Waals surface area (Å²) in [6.45, 7) is 0.681. The van der Waals surface area contributed by atoms with Crippen LogP contribution in [0.4, 0.5) is 0 Å². The Kier molecular flexibility index (Phi) is 4.71. The van der Waals surface area contributed by atoms with Gasteiger partial charge < -0.3 is 16.0 Å². The maximum atomic E-state index is 11.8. The summed E-state index contributed by atoms with van der Waals surface area (Å²) < 4.78 is 0. The van der Waals surface area contributed by atoms with E-state index in [9.17, 15) is 9.59 Å². The number of rotatable bonds is 3. The van der Waals surface area contributed by atoms with Crippen molar-refractivity contribution >= 4 is 17.2 Å². The molecule has 0 radical (unpaired) electrons. The summed E-state index contributed by atoms with van der Waals surface area (Å²) in [6.07, 6.45) is 2.88. The molecule has 2 rings (SSSR count). The van der Waals surface area contributed by atoms with Crippen molar-refractivity contribution in [2.24, 2.45) is 5.73 Å². The Hall–Kier alpha value is -2.36. The van der Waals surface area contributed by atoms with Crippen LogP contribution in [0.15, 0.2) is 34.7 Å². The summed E-state index contributed by atoms with van der Waals surface area (Å²) in [7, 11) is 0. The van der Waals surface area contributed by atoms with Crippen LogP contribution in [0, 0.1) is 11.8 Å². The molecule has 0 unspecified atom stereocenters. The molecule has 0 bridgehead atoms. The zero-order chi connectivity index (χ0) is 14.4. The van der Waals surface area contributed by atoms with Crippen molar-refractivity contribution in [1.82, 2.24) is 10.3 Å². The third kappa shape index (κ3) is 3.57. The fourth-order valence-electron chi connectivity index (χ4n) is 1.55. The second-order valence-corrected chi connectivity index (χ2v) is 4.91. The van der Waals surface area contributed by atoms with E-state index in [4.69, 9.17) is 5.73 Å². The molecule has 0 spiro atoms. The van der Waals surface area contributed by atoms with E-state index in [0.717, 1.165) is 10.4 Å². The topological polar surface area (TPSA) is 88.0 Å². The van der Waals surface area contributed by atoms with Crippen LogP contribution >= 0.6 is 11.3 Å². The van der Waals surface area contributed by atoms with Crippen LogP contribution in [0.2, 0.25) is 0 Å². The molecule has 0 saturated heterocycles. The molecule has 0 fully saturated rings. The first-order valence-corrected chi connectivity index (χ1v) is 6.80. The van der Waals surface area contributed by atoms with Crippen LogP contribution in [0.25, 0.3) is 0 Å². The average Bonchev–Trinajstić information content (AvgIpc) is 2.91. The highest BCUT2D eigenvalue weighted by Crippen LogP contribution is 2.13. The zero-order valence-corrected chi connectivity index (χ0v) is 11.4. The van der Waals surface area contributed by atoms with E-state index in [1.54, 1.807) is 0 Å². The van der Waals surface area contributed by atoms with Gasteiger partial charge in [-0.2, -0.15) is 0 Å². The maximum absolute atomic E-state index is 11.8. The molecule has 0 aliphatic heterocycles. The van der Waals surface area contributed by atoms with E-state index in [0.29, 0.717) is 13.1 Å². The summed E-state index contributed by atoms with van der Waals surface area (Å²) in [6, 6.07) is 3.21. The Morgan fingerprint density at radius 3 is 3.10 bits per heavy atom. The number of pyridine rings is 1. The number of aromatic amines is 1. The van der Waals surface area contributed by atoms with Gasteiger partial charge in [0.25, 0.3) is 5.91 Å². The molecule has 4 N–H and O–H groups in total. The number of hydrogen-bond acceptors (Lipinski definition) is 4. The first kappa shape index (κ1) is 14.1. The van der Waals surface area contributed by atoms with E-state index in [2.05, 4.69) is 22.1 Å². The van der Waals surface area contributed by atoms with Crippen LogP contribution in [0.5, 0.6) is 0 Å². The molecule has 2 aromatic rings. The lowest BCUT2D eigenvalue weighted by Crippen LogP contribution is -2.27. The van der Waals surface area contributed by atoms with Crippen molar-refractivity contribution in [2.45, 2.75) is 6.54 Å². The van der Waals surface area contributed by atoms with E-state index >= 15 is 0 Å². The highest BCUT2D eigenvalue weighted by atomic mass is 32.1. The number of H-pyrrole nitrogens is 1. The Labute approximate surface area is 119 Å². The zero-order valence-electron chi connectivity index (χ0n) is 10.6.